The Bertz CT molecular complexity index is 1280. The molecule has 0 saturated carbocycles. The van der Waals surface area contributed by atoms with E-state index in [-0.39, 0.29) is 70.5 Å². The smallest absolute Gasteiger partial charge is 0.229 e. The highest BCUT2D eigenvalue weighted by Crippen LogP contribution is 2.35. The summed E-state index contributed by atoms with van der Waals surface area (Å²) in [6.45, 7) is 12.0. The van der Waals surface area contributed by atoms with Crippen molar-refractivity contribution in [2.45, 2.75) is 114 Å². The van der Waals surface area contributed by atoms with Gasteiger partial charge in [-0.15, -0.1) is 0 Å². The second-order valence-corrected chi connectivity index (χ2v) is 10.9. The number of nitrogens with zero attached hydrogens (tertiary/aromatic N) is 4. The number of benzene rings is 2. The van der Waals surface area contributed by atoms with Crippen LogP contribution < -0.4 is 0 Å². The second kappa shape index (κ2) is 29.5. The number of amides is 8. The van der Waals surface area contributed by atoms with Gasteiger partial charge in [-0.1, -0.05) is 105 Å². The predicted octanol–water partition coefficient (Wildman–Crippen LogP) is 6.29. The van der Waals surface area contributed by atoms with Gasteiger partial charge >= 0.3 is 0 Å². The number of carbonyl (C=O) groups excluding carboxylic acids is 8. The summed E-state index contributed by atoms with van der Waals surface area (Å²) >= 11 is 0. The first kappa shape index (κ1) is 55.8. The first-order valence-corrected chi connectivity index (χ1v) is 17.7. The van der Waals surface area contributed by atoms with Crippen molar-refractivity contribution in [1.82, 2.24) is 19.6 Å². The van der Waals surface area contributed by atoms with Gasteiger partial charge in [-0.05, 0) is 28.7 Å². The van der Waals surface area contributed by atoms with E-state index in [9.17, 15) is 38.4 Å². The van der Waals surface area contributed by atoms with Crippen LogP contribution >= 0.6 is 0 Å². The van der Waals surface area contributed by atoms with Crippen LogP contribution in [-0.2, 0) is 44.8 Å². The summed E-state index contributed by atoms with van der Waals surface area (Å²) in [5.41, 5.74) is 5.75. The predicted molar refractivity (Wildman–Crippen MR) is 216 cm³/mol. The van der Waals surface area contributed by atoms with E-state index in [1.807, 2.05) is 41.5 Å². The van der Waals surface area contributed by atoms with Gasteiger partial charge in [0.15, 0.2) is 0 Å². The standard InChI is InChI=1S/C13H10.4C5H7NO2.3C2H6.2CH4.B/c1-3-7-12-10(5-1)9-11-6-2-4-8-13(11)12;4*1-6-4(7)2-3-5(6)8;3*1-2;;;/h1-8H,9H2;4*2-3H2,1H3;3*1-2H3;2*1H4;. The summed E-state index contributed by atoms with van der Waals surface area (Å²) in [7, 11) is 6.05. The summed E-state index contributed by atoms with van der Waals surface area (Å²) in [5.74, 6) is -0.481. The van der Waals surface area contributed by atoms with Gasteiger partial charge in [0.2, 0.25) is 47.3 Å². The van der Waals surface area contributed by atoms with Crippen molar-refractivity contribution in [2.24, 2.45) is 0 Å². The van der Waals surface area contributed by atoms with E-state index in [2.05, 4.69) is 48.5 Å². The maximum atomic E-state index is 10.5. The van der Waals surface area contributed by atoms with Crippen molar-refractivity contribution in [3.05, 3.63) is 59.7 Å². The molecule has 4 heterocycles. The number of imide groups is 4. The number of hydrogen-bond donors (Lipinski definition) is 0. The fourth-order valence-corrected chi connectivity index (χ4v) is 4.83. The van der Waals surface area contributed by atoms with Crippen LogP contribution in [0.25, 0.3) is 11.1 Å². The molecule has 5 aliphatic rings. The van der Waals surface area contributed by atoms with Gasteiger partial charge in [-0.25, -0.2) is 0 Å². The van der Waals surface area contributed by atoms with Gasteiger partial charge in [-0.2, -0.15) is 0 Å². The molecule has 299 valence electrons. The number of carbonyl (C=O) groups is 8. The normalized spacial score (nSPS) is 15.4. The maximum Gasteiger partial charge on any atom is 0.229 e. The first-order chi connectivity index (χ1) is 24.3. The van der Waals surface area contributed by atoms with Crippen LogP contribution in [0.5, 0.6) is 0 Å². The van der Waals surface area contributed by atoms with Crippen molar-refractivity contribution in [3.8, 4) is 11.1 Å². The van der Waals surface area contributed by atoms with Crippen molar-refractivity contribution in [3.63, 3.8) is 0 Å². The van der Waals surface area contributed by atoms with Gasteiger partial charge in [-0.3, -0.25) is 58.0 Å². The molecule has 0 atom stereocenters. The van der Waals surface area contributed by atoms with Gasteiger partial charge < -0.3 is 0 Å². The lowest BCUT2D eigenvalue weighted by Crippen LogP contribution is -2.23. The number of fused-ring (bicyclic) bond motifs is 3. The molecule has 1 aliphatic carbocycles. The number of likely N-dealkylation sites (tertiary alicyclic amines) is 4. The van der Waals surface area contributed by atoms with Crippen molar-refractivity contribution in [1.29, 1.82) is 0 Å². The van der Waals surface area contributed by atoms with Gasteiger partial charge in [0, 0.05) is 88.0 Å². The Kier molecular flexibility index (Phi) is 30.5. The Hall–Kier alpha value is -4.94. The van der Waals surface area contributed by atoms with E-state index in [0.717, 1.165) is 6.42 Å². The molecule has 0 aromatic heterocycles. The lowest BCUT2D eigenvalue weighted by Gasteiger charge is -2.01. The van der Waals surface area contributed by atoms with Crippen LogP contribution in [0.3, 0.4) is 0 Å². The summed E-state index contributed by atoms with van der Waals surface area (Å²) in [6.07, 6.45) is 4.29. The molecule has 4 saturated heterocycles. The van der Waals surface area contributed by atoms with Crippen molar-refractivity contribution < 1.29 is 38.4 Å². The van der Waals surface area contributed by atoms with Gasteiger partial charge in [0.05, 0.1) is 0 Å². The van der Waals surface area contributed by atoms with E-state index < -0.39 is 0 Å². The molecule has 0 spiro atoms. The van der Waals surface area contributed by atoms with E-state index >= 15 is 0 Å². The summed E-state index contributed by atoms with van der Waals surface area (Å²) in [6, 6.07) is 17.3. The van der Waals surface area contributed by atoms with Crippen molar-refractivity contribution in [2.75, 3.05) is 28.2 Å². The summed E-state index contributed by atoms with van der Waals surface area (Å²) in [4.78, 5) is 88.6. The molecule has 3 radical (unpaired) electrons. The fourth-order valence-electron chi connectivity index (χ4n) is 4.83. The molecule has 2 aromatic rings. The minimum Gasteiger partial charge on any atom is -0.286 e. The average molecular weight is 752 g/mol. The zero-order valence-corrected chi connectivity index (χ0v) is 32.6. The molecule has 0 unspecified atom stereocenters. The number of rotatable bonds is 0. The lowest BCUT2D eigenvalue weighted by atomic mass is 10.1. The third-order valence-electron chi connectivity index (χ3n) is 7.91. The minimum atomic E-state index is -0.0602. The number of hydrogen-bond acceptors (Lipinski definition) is 8. The third-order valence-corrected chi connectivity index (χ3v) is 7.91. The topological polar surface area (TPSA) is 150 Å². The molecular formula is C41H64BN4O8. The quantitative estimate of drug-likeness (QED) is 0.192. The second-order valence-electron chi connectivity index (χ2n) is 10.9. The van der Waals surface area contributed by atoms with Crippen molar-refractivity contribution >= 4 is 55.7 Å². The first-order valence-electron chi connectivity index (χ1n) is 17.7. The zero-order valence-electron chi connectivity index (χ0n) is 32.6. The largest absolute Gasteiger partial charge is 0.286 e. The van der Waals surface area contributed by atoms with Crippen LogP contribution in [0, 0.1) is 0 Å². The average Bonchev–Trinajstić information content (AvgIpc) is 3.94. The van der Waals surface area contributed by atoms with E-state index in [0.29, 0.717) is 51.4 Å². The fraction of sp³-hybridized carbons (Fsp3) is 0.512. The Morgan fingerprint density at radius 1 is 0.352 bits per heavy atom. The van der Waals surface area contributed by atoms with Crippen LogP contribution in [-0.4, -0.2) is 103 Å². The Labute approximate surface area is 326 Å². The molecular weight excluding hydrogens is 687 g/mol. The molecule has 8 amide bonds. The lowest BCUT2D eigenvalue weighted by molar-refractivity contribution is -0.138. The molecule has 13 heteroatoms. The molecule has 54 heavy (non-hydrogen) atoms. The zero-order chi connectivity index (χ0) is 39.3. The van der Waals surface area contributed by atoms with Gasteiger partial charge in [0.25, 0.3) is 0 Å². The molecule has 12 nitrogen and oxygen atoms in total. The van der Waals surface area contributed by atoms with E-state index in [1.54, 1.807) is 0 Å². The molecule has 0 N–H and O–H groups in total. The molecule has 7 rings (SSSR count). The van der Waals surface area contributed by atoms with Crippen LogP contribution in [0.15, 0.2) is 48.5 Å². The Balaban J connectivity index is -0.000000280. The molecule has 4 fully saturated rings. The maximum absolute atomic E-state index is 10.5. The van der Waals surface area contributed by atoms with E-state index in [4.69, 9.17) is 0 Å². The van der Waals surface area contributed by atoms with Crippen LogP contribution in [0.4, 0.5) is 0 Å². The Morgan fingerprint density at radius 2 is 0.519 bits per heavy atom. The highest BCUT2D eigenvalue weighted by molar-refractivity contribution is 6.03. The monoisotopic (exact) mass is 751 g/mol. The molecule has 0 bridgehead atoms. The summed E-state index contributed by atoms with van der Waals surface area (Å²) in [5, 5.41) is 0. The highest BCUT2D eigenvalue weighted by Gasteiger charge is 2.26. The third kappa shape index (κ3) is 16.8. The Morgan fingerprint density at radius 3 is 0.667 bits per heavy atom. The van der Waals surface area contributed by atoms with Gasteiger partial charge in [0.1, 0.15) is 0 Å². The van der Waals surface area contributed by atoms with E-state index in [1.165, 1.54) is 70.0 Å². The minimum absolute atomic E-state index is 0. The SMILES string of the molecule is C.C.CC.CC.CC.CN1C(=O)CCC1=O.CN1C(=O)CCC1=O.CN1C(=O)CCC1=O.CN1C(=O)CCC1=O.[B].c1ccc2c(c1)Cc1ccccc1-2. The van der Waals surface area contributed by atoms with Crippen LogP contribution in [0.2, 0.25) is 0 Å². The highest BCUT2D eigenvalue weighted by atomic mass is 16.2. The molecule has 4 aliphatic heterocycles. The molecule has 2 aromatic carbocycles. The van der Waals surface area contributed by atoms with Crippen LogP contribution in [0.1, 0.15) is 119 Å². The summed E-state index contributed by atoms with van der Waals surface area (Å²) < 4.78 is 0.